The Morgan fingerprint density at radius 2 is 1.77 bits per heavy atom. The van der Waals surface area contributed by atoms with Gasteiger partial charge in [-0.3, -0.25) is 9.79 Å². The van der Waals surface area contributed by atoms with Crippen LogP contribution in [0.15, 0.2) is 82.7 Å². The summed E-state index contributed by atoms with van der Waals surface area (Å²) >= 11 is 0. The van der Waals surface area contributed by atoms with Crippen molar-refractivity contribution in [3.8, 4) is 25.2 Å². The van der Waals surface area contributed by atoms with E-state index in [0.717, 1.165) is 60.8 Å². The summed E-state index contributed by atoms with van der Waals surface area (Å²) < 4.78 is 0. The number of aldehydes is 1. The van der Waals surface area contributed by atoms with Gasteiger partial charge in [0.15, 0.2) is 0 Å². The van der Waals surface area contributed by atoms with Gasteiger partial charge in [0.05, 0.1) is 5.70 Å². The number of carbonyl (C=O) groups excluding carboxylic acids is 1. The van der Waals surface area contributed by atoms with E-state index in [1.807, 2.05) is 65.3 Å². The average molecular weight is 655 g/mol. The number of allylic oxidation sites excluding steroid dienone is 9. The number of carbonyl (C=O) groups is 1. The number of hydrogen-bond acceptors (Lipinski definition) is 5. The van der Waals surface area contributed by atoms with Crippen molar-refractivity contribution in [1.82, 2.24) is 10.3 Å². The number of anilines is 1. The molecule has 0 saturated carbocycles. The van der Waals surface area contributed by atoms with Crippen LogP contribution in [0.3, 0.4) is 0 Å². The molecule has 0 amide bonds. The summed E-state index contributed by atoms with van der Waals surface area (Å²) in [5.41, 5.74) is 5.26. The van der Waals surface area contributed by atoms with E-state index >= 15 is 0 Å². The number of rotatable bonds is 15. The Kier molecular flexibility index (Phi) is 26.8. The van der Waals surface area contributed by atoms with Gasteiger partial charge in [-0.15, -0.1) is 19.3 Å². The molecule has 0 bridgehead atoms. The molecule has 48 heavy (non-hydrogen) atoms. The van der Waals surface area contributed by atoms with Gasteiger partial charge in [0.25, 0.3) is 0 Å². The molecule has 0 aliphatic carbocycles. The summed E-state index contributed by atoms with van der Waals surface area (Å²) in [6.45, 7) is 25.3. The Morgan fingerprint density at radius 1 is 1.12 bits per heavy atom. The van der Waals surface area contributed by atoms with Crippen molar-refractivity contribution in [2.24, 2.45) is 16.3 Å². The van der Waals surface area contributed by atoms with E-state index in [4.69, 9.17) is 6.42 Å². The van der Waals surface area contributed by atoms with E-state index in [1.165, 1.54) is 37.7 Å². The highest BCUT2D eigenvalue weighted by Gasteiger charge is 2.34. The number of pyridine rings is 1. The molecular formula is C43H66N4O. The molecule has 0 spiro atoms. The predicted molar refractivity (Wildman–Crippen MR) is 214 cm³/mol. The van der Waals surface area contributed by atoms with Gasteiger partial charge in [0.1, 0.15) is 12.1 Å². The molecule has 2 atom stereocenters. The average Bonchev–Trinajstić information content (AvgIpc) is 3.15. The molecule has 0 radical (unpaired) electrons. The fourth-order valence-electron chi connectivity index (χ4n) is 5.28. The molecule has 1 aliphatic heterocycles. The number of terminal acetylenes is 2. The first-order valence-electron chi connectivity index (χ1n) is 17.7. The topological polar surface area (TPSA) is 57.6 Å². The number of nitrogens with zero attached hydrogens (tertiary/aromatic N) is 3. The molecular weight excluding hydrogens is 589 g/mol. The van der Waals surface area contributed by atoms with E-state index in [1.54, 1.807) is 12.3 Å². The predicted octanol–water partition coefficient (Wildman–Crippen LogP) is 10.6. The SMILES string of the molecule is C#C.C#C\C(=C/C(=C/C/C(C=NC(C)CC)=C/C)C(/C=C)=C\C)NC.CC.CCC(C)CC1(CC)CCN(c2cc(C=O)ccn2)CC1. The summed E-state index contributed by atoms with van der Waals surface area (Å²) in [6, 6.07) is 4.02. The van der Waals surface area contributed by atoms with Crippen LogP contribution in [-0.2, 0) is 0 Å². The standard InChI is InChI=1S/C21H30N2.C18H28N2O.C2H6.C2H2/c1-8-17(6)23-16-18(9-2)13-14-20(19(10-3)11-4)15-21(12-5)22-7;1-4-15(3)13-18(5-2)7-10-20(11-8-18)17-12-16(14-21)6-9-19-17;2*1-2/h5,9-11,14-17,22H,3,8,13H2,1-2,4,6-7H3;6,9,12,14-15H,4-5,7-8,10-11,13H2,1-3H3;1-2H3;1-2H/b18-9-,19-11-,20-14-,21-15+,23-16?;;;. The number of hydrogen-bond donors (Lipinski definition) is 1. The molecule has 1 aromatic heterocycles. The quantitative estimate of drug-likeness (QED) is 0.0885. The Balaban J connectivity index is 0. The van der Waals surface area contributed by atoms with Gasteiger partial charge >= 0.3 is 0 Å². The fraction of sp³-hybridized carbons (Fsp3) is 0.512. The van der Waals surface area contributed by atoms with Crippen molar-refractivity contribution >= 4 is 18.3 Å². The molecule has 1 N–H and O–H groups in total. The lowest BCUT2D eigenvalue weighted by Gasteiger charge is -2.43. The third-order valence-electron chi connectivity index (χ3n) is 8.89. The molecule has 2 heterocycles. The van der Waals surface area contributed by atoms with E-state index in [9.17, 15) is 4.79 Å². The van der Waals surface area contributed by atoms with Crippen LogP contribution in [-0.4, -0.2) is 43.7 Å². The largest absolute Gasteiger partial charge is 0.381 e. The summed E-state index contributed by atoms with van der Waals surface area (Å²) in [6.07, 6.45) is 36.4. The lowest BCUT2D eigenvalue weighted by molar-refractivity contribution is 0.112. The third kappa shape index (κ3) is 17.2. The lowest BCUT2D eigenvalue weighted by atomic mass is 9.70. The maximum Gasteiger partial charge on any atom is 0.150 e. The Morgan fingerprint density at radius 3 is 2.23 bits per heavy atom. The minimum Gasteiger partial charge on any atom is -0.381 e. The lowest BCUT2D eigenvalue weighted by Crippen LogP contribution is -2.41. The van der Waals surface area contributed by atoms with Crippen molar-refractivity contribution < 1.29 is 4.79 Å². The zero-order valence-corrected chi connectivity index (χ0v) is 32.0. The molecule has 5 nitrogen and oxygen atoms in total. The number of aliphatic imine (C=N–C) groups is 1. The van der Waals surface area contributed by atoms with Crippen LogP contribution in [0.4, 0.5) is 5.82 Å². The molecule has 5 heteroatoms. The second-order valence-corrected chi connectivity index (χ2v) is 11.8. The van der Waals surface area contributed by atoms with Gasteiger partial charge in [-0.05, 0) is 99.1 Å². The number of nitrogens with one attached hydrogen (secondary N) is 1. The summed E-state index contributed by atoms with van der Waals surface area (Å²) in [5, 5.41) is 3.02. The van der Waals surface area contributed by atoms with Crippen molar-refractivity contribution in [1.29, 1.82) is 0 Å². The molecule has 1 aliphatic rings. The minimum absolute atomic E-state index is 0.352. The van der Waals surface area contributed by atoms with Gasteiger partial charge in [-0.1, -0.05) is 91.2 Å². The zero-order valence-electron chi connectivity index (χ0n) is 32.0. The first-order valence-corrected chi connectivity index (χ1v) is 17.7. The highest BCUT2D eigenvalue weighted by Crippen LogP contribution is 2.42. The number of piperidine rings is 1. The second kappa shape index (κ2) is 28.0. The summed E-state index contributed by atoms with van der Waals surface area (Å²) in [7, 11) is 1.82. The van der Waals surface area contributed by atoms with Gasteiger partial charge in [0.2, 0.25) is 0 Å². The van der Waals surface area contributed by atoms with Gasteiger partial charge in [-0.25, -0.2) is 4.98 Å². The molecule has 2 unspecified atom stereocenters. The van der Waals surface area contributed by atoms with Crippen molar-refractivity contribution in [2.75, 3.05) is 25.0 Å². The van der Waals surface area contributed by atoms with Crippen LogP contribution in [0, 0.1) is 36.5 Å². The normalized spacial score (nSPS) is 16.0. The Bertz CT molecular complexity index is 1260. The number of aromatic nitrogens is 1. The Labute approximate surface area is 295 Å². The van der Waals surface area contributed by atoms with E-state index in [-0.39, 0.29) is 0 Å². The van der Waals surface area contributed by atoms with Crippen LogP contribution in [0.25, 0.3) is 0 Å². The van der Waals surface area contributed by atoms with Gasteiger partial charge in [0, 0.05) is 44.2 Å². The van der Waals surface area contributed by atoms with Crippen LogP contribution in [0.1, 0.15) is 118 Å². The van der Waals surface area contributed by atoms with Crippen molar-refractivity contribution in [3.05, 3.63) is 83.3 Å². The first-order chi connectivity index (χ1) is 23.2. The van der Waals surface area contributed by atoms with Crippen LogP contribution < -0.4 is 10.2 Å². The van der Waals surface area contributed by atoms with Crippen molar-refractivity contribution in [2.45, 2.75) is 113 Å². The summed E-state index contributed by atoms with van der Waals surface area (Å²) in [4.78, 5) is 22.2. The van der Waals surface area contributed by atoms with Gasteiger partial charge in [-0.2, -0.15) is 0 Å². The van der Waals surface area contributed by atoms with Crippen LogP contribution in [0.5, 0.6) is 0 Å². The molecule has 1 fully saturated rings. The Hall–Kier alpha value is -4.09. The van der Waals surface area contributed by atoms with Crippen molar-refractivity contribution in [3.63, 3.8) is 0 Å². The van der Waals surface area contributed by atoms with E-state index in [2.05, 4.69) is 92.3 Å². The molecule has 2 rings (SSSR count). The monoisotopic (exact) mass is 655 g/mol. The van der Waals surface area contributed by atoms with Crippen LogP contribution in [0.2, 0.25) is 0 Å². The van der Waals surface area contributed by atoms with E-state index in [0.29, 0.717) is 17.0 Å². The molecule has 0 aromatic carbocycles. The first kappa shape index (κ1) is 46.0. The molecule has 1 aromatic rings. The molecule has 1 saturated heterocycles. The fourth-order valence-corrected chi connectivity index (χ4v) is 5.28. The third-order valence-corrected chi connectivity index (χ3v) is 8.89. The van der Waals surface area contributed by atoms with E-state index < -0.39 is 0 Å². The van der Waals surface area contributed by atoms with Gasteiger partial charge < -0.3 is 10.2 Å². The van der Waals surface area contributed by atoms with Crippen LogP contribution >= 0.6 is 0 Å². The zero-order chi connectivity index (χ0) is 37.0. The highest BCUT2D eigenvalue weighted by atomic mass is 16.1. The minimum atomic E-state index is 0.352. The molecule has 264 valence electrons. The highest BCUT2D eigenvalue weighted by molar-refractivity contribution is 5.79. The maximum absolute atomic E-state index is 10.9. The summed E-state index contributed by atoms with van der Waals surface area (Å²) in [5.74, 6) is 4.41. The smallest absolute Gasteiger partial charge is 0.150 e. The maximum atomic E-state index is 10.9. The second-order valence-electron chi connectivity index (χ2n) is 11.8.